The number of furan rings is 1. The molecule has 0 unspecified atom stereocenters. The van der Waals surface area contributed by atoms with Crippen molar-refractivity contribution in [3.8, 4) is 17.1 Å². The van der Waals surface area contributed by atoms with E-state index in [4.69, 9.17) is 25.9 Å². The van der Waals surface area contributed by atoms with Crippen LogP contribution in [0.1, 0.15) is 18.2 Å². The predicted octanol–water partition coefficient (Wildman–Crippen LogP) is 4.67. The molecule has 27 heavy (non-hydrogen) atoms. The fraction of sp³-hybridized carbons (Fsp3) is 0.190. The van der Waals surface area contributed by atoms with Gasteiger partial charge in [0.25, 0.3) is 5.91 Å². The third-order valence-electron chi connectivity index (χ3n) is 4.04. The summed E-state index contributed by atoms with van der Waals surface area (Å²) < 4.78 is 11.0. The highest BCUT2D eigenvalue weighted by atomic mass is 35.5. The van der Waals surface area contributed by atoms with E-state index in [9.17, 15) is 4.79 Å². The normalized spacial score (nSPS) is 10.6. The summed E-state index contributed by atoms with van der Waals surface area (Å²) in [6.07, 6.45) is 0.955. The molecule has 0 fully saturated rings. The van der Waals surface area contributed by atoms with Gasteiger partial charge in [0.2, 0.25) is 0 Å². The van der Waals surface area contributed by atoms with Gasteiger partial charge in [0.05, 0.1) is 5.02 Å². The largest absolute Gasteiger partial charge is 0.484 e. The monoisotopic (exact) mass is 385 g/mol. The van der Waals surface area contributed by atoms with Crippen LogP contribution in [0.3, 0.4) is 0 Å². The maximum absolute atomic E-state index is 12.1. The third kappa shape index (κ3) is 4.90. The molecule has 3 aromatic rings. The second kappa shape index (κ2) is 8.75. The van der Waals surface area contributed by atoms with Crippen LogP contribution in [0.4, 0.5) is 5.69 Å². The zero-order valence-corrected chi connectivity index (χ0v) is 15.6. The molecule has 0 aliphatic carbocycles. The SMILES string of the molecule is CCc1ccc(OCC(=O)Nc2ccc(-c3ccc(CO)o3)c(Cl)c2)cc1. The number of aliphatic hydroxyl groups is 1. The molecule has 140 valence electrons. The number of rotatable bonds is 7. The first-order valence-corrected chi connectivity index (χ1v) is 8.98. The lowest BCUT2D eigenvalue weighted by molar-refractivity contribution is -0.118. The van der Waals surface area contributed by atoms with Crippen LogP contribution in [-0.4, -0.2) is 17.6 Å². The molecule has 2 N–H and O–H groups in total. The van der Waals surface area contributed by atoms with Gasteiger partial charge in [0.1, 0.15) is 23.9 Å². The minimum absolute atomic E-state index is 0.0944. The van der Waals surface area contributed by atoms with Crippen LogP contribution < -0.4 is 10.1 Å². The molecule has 1 aromatic heterocycles. The van der Waals surface area contributed by atoms with Gasteiger partial charge >= 0.3 is 0 Å². The van der Waals surface area contributed by atoms with E-state index in [1.165, 1.54) is 5.56 Å². The van der Waals surface area contributed by atoms with Crippen molar-refractivity contribution in [3.05, 3.63) is 70.9 Å². The van der Waals surface area contributed by atoms with E-state index in [-0.39, 0.29) is 19.1 Å². The number of hydrogen-bond acceptors (Lipinski definition) is 4. The molecule has 0 aliphatic rings. The fourth-order valence-corrected chi connectivity index (χ4v) is 2.84. The summed E-state index contributed by atoms with van der Waals surface area (Å²) in [4.78, 5) is 12.1. The zero-order chi connectivity index (χ0) is 19.2. The second-order valence-electron chi connectivity index (χ2n) is 5.95. The summed E-state index contributed by atoms with van der Waals surface area (Å²) in [6.45, 7) is 1.81. The number of aliphatic hydroxyl groups excluding tert-OH is 1. The molecule has 0 radical (unpaired) electrons. The van der Waals surface area contributed by atoms with Crippen molar-refractivity contribution in [1.82, 2.24) is 0 Å². The van der Waals surface area contributed by atoms with Gasteiger partial charge in [-0.2, -0.15) is 0 Å². The average molecular weight is 386 g/mol. The van der Waals surface area contributed by atoms with Gasteiger partial charge in [-0.3, -0.25) is 4.79 Å². The predicted molar refractivity (Wildman–Crippen MR) is 105 cm³/mol. The molecule has 0 atom stereocenters. The van der Waals surface area contributed by atoms with Crippen LogP contribution >= 0.6 is 11.6 Å². The van der Waals surface area contributed by atoms with Crippen molar-refractivity contribution in [3.63, 3.8) is 0 Å². The summed E-state index contributed by atoms with van der Waals surface area (Å²) in [5.74, 6) is 1.38. The third-order valence-corrected chi connectivity index (χ3v) is 4.35. The van der Waals surface area contributed by atoms with E-state index >= 15 is 0 Å². The Kier molecular flexibility index (Phi) is 6.16. The Hall–Kier alpha value is -2.76. The van der Waals surface area contributed by atoms with Crippen molar-refractivity contribution in [2.24, 2.45) is 0 Å². The van der Waals surface area contributed by atoms with E-state index in [0.717, 1.165) is 6.42 Å². The van der Waals surface area contributed by atoms with Crippen molar-refractivity contribution in [2.45, 2.75) is 20.0 Å². The number of halogens is 1. The van der Waals surface area contributed by atoms with E-state index < -0.39 is 0 Å². The summed E-state index contributed by atoms with van der Waals surface area (Å²) in [6, 6.07) is 16.2. The van der Waals surface area contributed by atoms with Crippen LogP contribution in [-0.2, 0) is 17.8 Å². The van der Waals surface area contributed by atoms with Crippen LogP contribution in [0.15, 0.2) is 59.0 Å². The number of carbonyl (C=O) groups is 1. The Balaban J connectivity index is 1.59. The highest BCUT2D eigenvalue weighted by molar-refractivity contribution is 6.33. The number of benzene rings is 2. The standard InChI is InChI=1S/C21H20ClNO4/c1-2-14-3-6-16(7-4-14)26-13-21(25)23-15-5-9-18(19(22)11-15)20-10-8-17(12-24)27-20/h3-11,24H,2,12-13H2,1H3,(H,23,25). The molecular weight excluding hydrogens is 366 g/mol. The number of hydrogen-bond donors (Lipinski definition) is 2. The van der Waals surface area contributed by atoms with Crippen LogP contribution in [0.25, 0.3) is 11.3 Å². The van der Waals surface area contributed by atoms with Crippen molar-refractivity contribution in [2.75, 3.05) is 11.9 Å². The lowest BCUT2D eigenvalue weighted by atomic mass is 10.1. The van der Waals surface area contributed by atoms with Gasteiger partial charge in [-0.1, -0.05) is 30.7 Å². The van der Waals surface area contributed by atoms with Gasteiger partial charge in [0, 0.05) is 11.3 Å². The van der Waals surface area contributed by atoms with E-state index in [1.54, 1.807) is 30.3 Å². The highest BCUT2D eigenvalue weighted by Crippen LogP contribution is 2.31. The summed E-state index contributed by atoms with van der Waals surface area (Å²) in [5, 5.41) is 12.3. The van der Waals surface area contributed by atoms with Gasteiger partial charge in [-0.25, -0.2) is 0 Å². The topological polar surface area (TPSA) is 71.7 Å². The smallest absolute Gasteiger partial charge is 0.262 e. The molecule has 3 rings (SSSR count). The van der Waals surface area contributed by atoms with E-state index in [2.05, 4.69) is 12.2 Å². The van der Waals surface area contributed by atoms with Crippen LogP contribution in [0, 0.1) is 0 Å². The molecule has 0 saturated carbocycles. The lowest BCUT2D eigenvalue weighted by Gasteiger charge is -2.09. The minimum Gasteiger partial charge on any atom is -0.484 e. The maximum atomic E-state index is 12.1. The van der Waals surface area contributed by atoms with E-state index in [1.807, 2.05) is 24.3 Å². The summed E-state index contributed by atoms with van der Waals surface area (Å²) in [5.41, 5.74) is 2.46. The number of amides is 1. The molecule has 0 bridgehead atoms. The van der Waals surface area contributed by atoms with Crippen molar-refractivity contribution >= 4 is 23.2 Å². The lowest BCUT2D eigenvalue weighted by Crippen LogP contribution is -2.20. The quantitative estimate of drug-likeness (QED) is 0.619. The van der Waals surface area contributed by atoms with Gasteiger partial charge in [-0.05, 0) is 54.4 Å². The van der Waals surface area contributed by atoms with Gasteiger partial charge in [-0.15, -0.1) is 0 Å². The zero-order valence-electron chi connectivity index (χ0n) is 14.9. The molecule has 0 spiro atoms. The Morgan fingerprint density at radius 3 is 2.56 bits per heavy atom. The minimum atomic E-state index is -0.279. The van der Waals surface area contributed by atoms with Crippen LogP contribution in [0.2, 0.25) is 5.02 Å². The molecule has 1 heterocycles. The molecule has 6 heteroatoms. The number of carbonyl (C=O) groups excluding carboxylic acids is 1. The van der Waals surface area contributed by atoms with Gasteiger partial charge in [0.15, 0.2) is 6.61 Å². The first-order valence-electron chi connectivity index (χ1n) is 8.60. The van der Waals surface area contributed by atoms with Crippen molar-refractivity contribution < 1.29 is 19.1 Å². The Bertz CT molecular complexity index is 918. The summed E-state index contributed by atoms with van der Waals surface area (Å²) >= 11 is 6.30. The Morgan fingerprint density at radius 2 is 1.93 bits per heavy atom. The second-order valence-corrected chi connectivity index (χ2v) is 6.36. The molecule has 5 nitrogen and oxygen atoms in total. The Labute approximate surface area is 162 Å². The Morgan fingerprint density at radius 1 is 1.15 bits per heavy atom. The summed E-state index contributed by atoms with van der Waals surface area (Å²) in [7, 11) is 0. The van der Waals surface area contributed by atoms with E-state index in [0.29, 0.717) is 33.5 Å². The first-order chi connectivity index (χ1) is 13.1. The molecule has 0 saturated heterocycles. The number of anilines is 1. The van der Waals surface area contributed by atoms with Crippen molar-refractivity contribution in [1.29, 1.82) is 0 Å². The first kappa shape index (κ1) is 19.0. The molecular formula is C21H20ClNO4. The number of ether oxygens (including phenoxy) is 1. The maximum Gasteiger partial charge on any atom is 0.262 e. The van der Waals surface area contributed by atoms with Crippen LogP contribution in [0.5, 0.6) is 5.75 Å². The molecule has 1 amide bonds. The van der Waals surface area contributed by atoms with Gasteiger partial charge < -0.3 is 19.6 Å². The number of nitrogens with one attached hydrogen (secondary N) is 1. The fourth-order valence-electron chi connectivity index (χ4n) is 2.57. The average Bonchev–Trinajstić information content (AvgIpc) is 3.16. The number of aryl methyl sites for hydroxylation is 1. The highest BCUT2D eigenvalue weighted by Gasteiger charge is 2.11. The molecule has 0 aliphatic heterocycles. The molecule has 2 aromatic carbocycles.